The normalized spacial score (nSPS) is 18.0. The predicted molar refractivity (Wildman–Crippen MR) is 82.5 cm³/mol. The van der Waals surface area contributed by atoms with Gasteiger partial charge in [0.2, 0.25) is 5.91 Å². The molecule has 1 saturated heterocycles. The van der Waals surface area contributed by atoms with Crippen LogP contribution in [0, 0.1) is 0 Å². The maximum absolute atomic E-state index is 13.3. The first-order chi connectivity index (χ1) is 11.9. The molecule has 2 amide bonds. The second kappa shape index (κ2) is 6.54. The monoisotopic (exact) mass is 349 g/mol. The van der Waals surface area contributed by atoms with Crippen molar-refractivity contribution in [3.8, 4) is 0 Å². The maximum atomic E-state index is 13.3. The zero-order valence-corrected chi connectivity index (χ0v) is 13.0. The van der Waals surface area contributed by atoms with Crippen LogP contribution in [0.15, 0.2) is 48.7 Å². The van der Waals surface area contributed by atoms with Gasteiger partial charge in [0.05, 0.1) is 5.56 Å². The summed E-state index contributed by atoms with van der Waals surface area (Å²) in [6, 6.07) is 8.10. The largest absolute Gasteiger partial charge is 0.416 e. The van der Waals surface area contributed by atoms with Gasteiger partial charge in [0, 0.05) is 19.3 Å². The fraction of sp³-hybridized carbons (Fsp3) is 0.235. The summed E-state index contributed by atoms with van der Waals surface area (Å²) < 4.78 is 40.0. The van der Waals surface area contributed by atoms with Gasteiger partial charge < -0.3 is 10.2 Å². The number of halogens is 3. The van der Waals surface area contributed by atoms with Crippen LogP contribution in [0.25, 0.3) is 0 Å². The molecule has 1 aliphatic heterocycles. The Morgan fingerprint density at radius 3 is 2.56 bits per heavy atom. The Morgan fingerprint density at radius 1 is 1.16 bits per heavy atom. The first-order valence-electron chi connectivity index (χ1n) is 7.55. The summed E-state index contributed by atoms with van der Waals surface area (Å²) >= 11 is 0. The summed E-state index contributed by atoms with van der Waals surface area (Å²) in [5.74, 6) is -1.23. The summed E-state index contributed by atoms with van der Waals surface area (Å²) in [5.41, 5.74) is -1.11. The molecule has 0 saturated carbocycles. The Labute approximate surface area is 141 Å². The van der Waals surface area contributed by atoms with Gasteiger partial charge in [-0.25, -0.2) is 0 Å². The highest BCUT2D eigenvalue weighted by molar-refractivity contribution is 5.97. The number of benzene rings is 1. The lowest BCUT2D eigenvalue weighted by atomic mass is 9.96. The molecule has 1 fully saturated rings. The molecule has 1 aliphatic rings. The first kappa shape index (κ1) is 16.9. The fourth-order valence-electron chi connectivity index (χ4n) is 2.82. The van der Waals surface area contributed by atoms with Crippen molar-refractivity contribution in [1.82, 2.24) is 15.2 Å². The highest BCUT2D eigenvalue weighted by Gasteiger charge is 2.41. The van der Waals surface area contributed by atoms with Crippen molar-refractivity contribution in [2.75, 3.05) is 13.1 Å². The summed E-state index contributed by atoms with van der Waals surface area (Å²) in [7, 11) is 0. The van der Waals surface area contributed by atoms with E-state index in [1.807, 2.05) is 0 Å². The van der Waals surface area contributed by atoms with E-state index in [0.29, 0.717) is 0 Å². The molecule has 8 heteroatoms. The first-order valence-corrected chi connectivity index (χ1v) is 7.55. The van der Waals surface area contributed by atoms with Crippen molar-refractivity contribution in [3.05, 3.63) is 65.5 Å². The molecule has 1 aromatic heterocycles. The number of piperazine rings is 1. The van der Waals surface area contributed by atoms with E-state index < -0.39 is 29.6 Å². The van der Waals surface area contributed by atoms with Gasteiger partial charge in [-0.15, -0.1) is 0 Å². The number of carbonyl (C=O) groups is 2. The predicted octanol–water partition coefficient (Wildman–Crippen LogP) is 2.41. The molecule has 0 bridgehead atoms. The number of nitrogens with one attached hydrogen (secondary N) is 1. The van der Waals surface area contributed by atoms with Crippen molar-refractivity contribution in [1.29, 1.82) is 0 Å². The molecule has 1 N–H and O–H groups in total. The van der Waals surface area contributed by atoms with Crippen LogP contribution in [0.5, 0.6) is 0 Å². The number of aromatic nitrogens is 1. The lowest BCUT2D eigenvalue weighted by Crippen LogP contribution is -2.52. The third-order valence-corrected chi connectivity index (χ3v) is 3.92. The van der Waals surface area contributed by atoms with Crippen LogP contribution in [-0.4, -0.2) is 34.8 Å². The molecule has 5 nitrogen and oxygen atoms in total. The Balaban J connectivity index is 2.06. The second-order valence-corrected chi connectivity index (χ2v) is 5.49. The lowest BCUT2D eigenvalue weighted by Gasteiger charge is -2.36. The van der Waals surface area contributed by atoms with Crippen LogP contribution < -0.4 is 5.32 Å². The van der Waals surface area contributed by atoms with Crippen LogP contribution in [0.3, 0.4) is 0 Å². The zero-order chi connectivity index (χ0) is 18.0. The number of pyridine rings is 1. The highest BCUT2D eigenvalue weighted by atomic mass is 19.4. The summed E-state index contributed by atoms with van der Waals surface area (Å²) in [6.07, 6.45) is -3.22. The molecular formula is C17H14F3N3O2. The molecule has 1 atom stereocenters. The molecule has 0 unspecified atom stereocenters. The third kappa shape index (κ3) is 3.33. The molecule has 1 aromatic carbocycles. The quantitative estimate of drug-likeness (QED) is 0.906. The van der Waals surface area contributed by atoms with Gasteiger partial charge in [-0.2, -0.15) is 13.2 Å². The zero-order valence-electron chi connectivity index (χ0n) is 13.0. The van der Waals surface area contributed by atoms with Gasteiger partial charge in [0.1, 0.15) is 11.7 Å². The molecule has 25 heavy (non-hydrogen) atoms. The topological polar surface area (TPSA) is 62.3 Å². The molecule has 0 aliphatic carbocycles. The molecule has 3 rings (SSSR count). The van der Waals surface area contributed by atoms with Gasteiger partial charge in [0.25, 0.3) is 5.91 Å². The van der Waals surface area contributed by atoms with E-state index in [0.717, 1.165) is 11.0 Å². The van der Waals surface area contributed by atoms with Gasteiger partial charge in [-0.3, -0.25) is 14.6 Å². The van der Waals surface area contributed by atoms with Crippen molar-refractivity contribution < 1.29 is 22.8 Å². The average molecular weight is 349 g/mol. The van der Waals surface area contributed by atoms with Crippen LogP contribution in [0.4, 0.5) is 13.2 Å². The van der Waals surface area contributed by atoms with Gasteiger partial charge in [-0.05, 0) is 23.8 Å². The smallest absolute Gasteiger partial charge is 0.352 e. The van der Waals surface area contributed by atoms with Crippen molar-refractivity contribution in [3.63, 3.8) is 0 Å². The SMILES string of the molecule is O=C1NCCN(C(=O)c2ccccn2)[C@H]1c1ccccc1C(F)(F)F. The van der Waals surface area contributed by atoms with Crippen LogP contribution in [0.1, 0.15) is 27.7 Å². The lowest BCUT2D eigenvalue weighted by molar-refractivity contribution is -0.139. The van der Waals surface area contributed by atoms with Gasteiger partial charge >= 0.3 is 6.18 Å². The van der Waals surface area contributed by atoms with Crippen LogP contribution >= 0.6 is 0 Å². The minimum Gasteiger partial charge on any atom is -0.352 e. The average Bonchev–Trinajstić information content (AvgIpc) is 2.61. The number of alkyl halides is 3. The Kier molecular flexibility index (Phi) is 4.43. The summed E-state index contributed by atoms with van der Waals surface area (Å²) in [5, 5.41) is 2.52. The maximum Gasteiger partial charge on any atom is 0.416 e. The number of hydrogen-bond acceptors (Lipinski definition) is 3. The van der Waals surface area contributed by atoms with E-state index in [9.17, 15) is 22.8 Å². The van der Waals surface area contributed by atoms with Gasteiger partial charge in [0.15, 0.2) is 0 Å². The van der Waals surface area contributed by atoms with E-state index in [-0.39, 0.29) is 24.3 Å². The Hall–Kier alpha value is -2.90. The number of amides is 2. The summed E-state index contributed by atoms with van der Waals surface area (Å²) in [4.78, 5) is 30.1. The van der Waals surface area contributed by atoms with E-state index in [4.69, 9.17) is 0 Å². The molecule has 130 valence electrons. The van der Waals surface area contributed by atoms with E-state index in [1.54, 1.807) is 12.1 Å². The number of hydrogen-bond donors (Lipinski definition) is 1. The number of carbonyl (C=O) groups excluding carboxylic acids is 2. The highest BCUT2D eigenvalue weighted by Crippen LogP contribution is 2.37. The van der Waals surface area contributed by atoms with E-state index in [1.165, 1.54) is 30.5 Å². The van der Waals surface area contributed by atoms with E-state index in [2.05, 4.69) is 10.3 Å². The second-order valence-electron chi connectivity index (χ2n) is 5.49. The molecule has 0 spiro atoms. The minimum atomic E-state index is -4.63. The van der Waals surface area contributed by atoms with Crippen LogP contribution in [0.2, 0.25) is 0 Å². The molecule has 2 heterocycles. The summed E-state index contributed by atoms with van der Waals surface area (Å²) in [6.45, 7) is 0.264. The fourth-order valence-corrected chi connectivity index (χ4v) is 2.82. The number of rotatable bonds is 2. The Morgan fingerprint density at radius 2 is 1.88 bits per heavy atom. The van der Waals surface area contributed by atoms with E-state index >= 15 is 0 Å². The standard InChI is InChI=1S/C17H14F3N3O2/c18-17(19,20)12-6-2-1-5-11(12)14-15(24)22-9-10-23(14)16(25)13-7-3-4-8-21-13/h1-8,14H,9-10H2,(H,22,24)/t14-/m0/s1. The molecule has 2 aromatic rings. The third-order valence-electron chi connectivity index (χ3n) is 3.92. The van der Waals surface area contributed by atoms with Gasteiger partial charge in [-0.1, -0.05) is 24.3 Å². The number of nitrogens with zero attached hydrogens (tertiary/aromatic N) is 2. The molecule has 0 radical (unpaired) electrons. The Bertz CT molecular complexity index is 793. The molecular weight excluding hydrogens is 335 g/mol. The van der Waals surface area contributed by atoms with Crippen molar-refractivity contribution in [2.24, 2.45) is 0 Å². The van der Waals surface area contributed by atoms with Crippen LogP contribution in [-0.2, 0) is 11.0 Å². The van der Waals surface area contributed by atoms with Crippen molar-refractivity contribution in [2.45, 2.75) is 12.2 Å². The minimum absolute atomic E-state index is 0.0756. The van der Waals surface area contributed by atoms with Crippen molar-refractivity contribution >= 4 is 11.8 Å².